The molecule has 0 aliphatic heterocycles. The van der Waals surface area contributed by atoms with Crippen LogP contribution in [0.4, 0.5) is 10.1 Å². The number of nitrogens with one attached hydrogen (secondary N) is 1. The van der Waals surface area contributed by atoms with E-state index in [0.717, 1.165) is 12.1 Å². The van der Waals surface area contributed by atoms with Gasteiger partial charge in [-0.1, -0.05) is 0 Å². The Kier molecular flexibility index (Phi) is 4.76. The van der Waals surface area contributed by atoms with Gasteiger partial charge in [-0.2, -0.15) is 0 Å². The van der Waals surface area contributed by atoms with Crippen LogP contribution in [0.25, 0.3) is 0 Å². The van der Waals surface area contributed by atoms with Crippen LogP contribution in [-0.2, 0) is 4.79 Å². The highest BCUT2D eigenvalue weighted by molar-refractivity contribution is 5.75. The molecule has 0 radical (unpaired) electrons. The van der Waals surface area contributed by atoms with E-state index >= 15 is 0 Å². The Labute approximate surface area is 95.3 Å². The molecule has 0 bridgehead atoms. The fourth-order valence-electron chi connectivity index (χ4n) is 1.26. The Morgan fingerprint density at radius 1 is 1.31 bits per heavy atom. The molecular weight excluding hydrogens is 207 g/mol. The fraction of sp³-hybridized carbons (Fsp3) is 0.417. The van der Waals surface area contributed by atoms with Gasteiger partial charge in [0.05, 0.1) is 0 Å². The third-order valence-corrected chi connectivity index (χ3v) is 2.24. The molecule has 4 heteroatoms. The summed E-state index contributed by atoms with van der Waals surface area (Å²) in [6, 6.07) is 6.19. The van der Waals surface area contributed by atoms with E-state index in [9.17, 15) is 9.18 Å². The predicted molar refractivity (Wildman–Crippen MR) is 62.8 cm³/mol. The van der Waals surface area contributed by atoms with E-state index in [1.54, 1.807) is 31.1 Å². The van der Waals surface area contributed by atoms with Crippen LogP contribution >= 0.6 is 0 Å². The third-order valence-electron chi connectivity index (χ3n) is 2.24. The number of rotatable bonds is 5. The number of halogens is 1. The van der Waals surface area contributed by atoms with Crippen LogP contribution in [0.1, 0.15) is 12.8 Å². The maximum atomic E-state index is 12.6. The number of amides is 1. The van der Waals surface area contributed by atoms with E-state index in [4.69, 9.17) is 0 Å². The molecule has 16 heavy (non-hydrogen) atoms. The van der Waals surface area contributed by atoms with Gasteiger partial charge in [0.25, 0.3) is 0 Å². The van der Waals surface area contributed by atoms with Crippen molar-refractivity contribution in [2.75, 3.05) is 26.0 Å². The van der Waals surface area contributed by atoms with Gasteiger partial charge in [0.1, 0.15) is 5.82 Å². The van der Waals surface area contributed by atoms with Crippen molar-refractivity contribution in [3.05, 3.63) is 30.1 Å². The highest BCUT2D eigenvalue weighted by Gasteiger charge is 2.02. The zero-order valence-corrected chi connectivity index (χ0v) is 9.66. The van der Waals surface area contributed by atoms with Crippen molar-refractivity contribution in [2.45, 2.75) is 12.8 Å². The summed E-state index contributed by atoms with van der Waals surface area (Å²) in [7, 11) is 3.49. The number of carbonyl (C=O) groups is 1. The van der Waals surface area contributed by atoms with Crippen LogP contribution < -0.4 is 5.32 Å². The number of carbonyl (C=O) groups excluding carboxylic acids is 1. The number of nitrogens with zero attached hydrogens (tertiary/aromatic N) is 1. The van der Waals surface area contributed by atoms with Crippen molar-refractivity contribution >= 4 is 11.6 Å². The third kappa shape index (κ3) is 4.29. The van der Waals surface area contributed by atoms with Crippen LogP contribution in [-0.4, -0.2) is 31.4 Å². The normalized spacial score (nSPS) is 9.94. The lowest BCUT2D eigenvalue weighted by Crippen LogP contribution is -2.21. The fourth-order valence-corrected chi connectivity index (χ4v) is 1.26. The first-order valence-corrected chi connectivity index (χ1v) is 5.29. The van der Waals surface area contributed by atoms with E-state index in [2.05, 4.69) is 5.32 Å². The summed E-state index contributed by atoms with van der Waals surface area (Å²) < 4.78 is 12.6. The lowest BCUT2D eigenvalue weighted by molar-refractivity contribution is -0.128. The maximum Gasteiger partial charge on any atom is 0.222 e. The number of anilines is 1. The molecule has 0 fully saturated rings. The van der Waals surface area contributed by atoms with E-state index in [-0.39, 0.29) is 11.7 Å². The molecule has 3 nitrogen and oxygen atoms in total. The van der Waals surface area contributed by atoms with Crippen molar-refractivity contribution in [1.29, 1.82) is 0 Å². The molecule has 0 spiro atoms. The van der Waals surface area contributed by atoms with Gasteiger partial charge >= 0.3 is 0 Å². The van der Waals surface area contributed by atoms with Crippen molar-refractivity contribution in [3.63, 3.8) is 0 Å². The quantitative estimate of drug-likeness (QED) is 0.777. The molecule has 0 saturated heterocycles. The highest BCUT2D eigenvalue weighted by Crippen LogP contribution is 2.08. The lowest BCUT2D eigenvalue weighted by Gasteiger charge is -2.10. The van der Waals surface area contributed by atoms with Crippen molar-refractivity contribution in [2.24, 2.45) is 0 Å². The zero-order valence-electron chi connectivity index (χ0n) is 9.66. The van der Waals surface area contributed by atoms with E-state index in [0.29, 0.717) is 13.0 Å². The van der Waals surface area contributed by atoms with Crippen LogP contribution in [0, 0.1) is 5.82 Å². The number of benzene rings is 1. The summed E-state index contributed by atoms with van der Waals surface area (Å²) in [5.41, 5.74) is 0.874. The molecule has 1 aromatic carbocycles. The van der Waals surface area contributed by atoms with Crippen molar-refractivity contribution in [1.82, 2.24) is 4.90 Å². The summed E-state index contributed by atoms with van der Waals surface area (Å²) in [5.74, 6) is -0.116. The van der Waals surface area contributed by atoms with Crippen molar-refractivity contribution < 1.29 is 9.18 Å². The summed E-state index contributed by atoms with van der Waals surface area (Å²) in [5, 5.41) is 3.13. The smallest absolute Gasteiger partial charge is 0.222 e. The minimum absolute atomic E-state index is 0.126. The first kappa shape index (κ1) is 12.5. The molecule has 0 saturated carbocycles. The van der Waals surface area contributed by atoms with E-state index in [1.165, 1.54) is 12.1 Å². The molecule has 1 amide bonds. The Hall–Kier alpha value is -1.58. The summed E-state index contributed by atoms with van der Waals surface area (Å²) in [6.07, 6.45) is 1.30. The number of hydrogen-bond donors (Lipinski definition) is 1. The largest absolute Gasteiger partial charge is 0.385 e. The molecule has 1 N–H and O–H groups in total. The Balaban J connectivity index is 2.21. The van der Waals surface area contributed by atoms with Gasteiger partial charge in [-0.05, 0) is 30.7 Å². The molecule has 88 valence electrons. The molecule has 0 heterocycles. The second kappa shape index (κ2) is 6.10. The maximum absolute atomic E-state index is 12.6. The van der Waals surface area contributed by atoms with Crippen LogP contribution in [0.15, 0.2) is 24.3 Å². The molecule has 0 aliphatic carbocycles. The van der Waals surface area contributed by atoms with Gasteiger partial charge in [0.2, 0.25) is 5.91 Å². The van der Waals surface area contributed by atoms with Gasteiger partial charge < -0.3 is 10.2 Å². The standard InChI is InChI=1S/C12H17FN2O/c1-15(2)12(16)4-3-9-14-11-7-5-10(13)6-8-11/h5-8,14H,3-4,9H2,1-2H3. The first-order valence-electron chi connectivity index (χ1n) is 5.29. The van der Waals surface area contributed by atoms with Crippen LogP contribution in [0.3, 0.4) is 0 Å². The van der Waals surface area contributed by atoms with Gasteiger partial charge in [0, 0.05) is 32.7 Å². The second-order valence-corrected chi connectivity index (χ2v) is 3.83. The predicted octanol–water partition coefficient (Wildman–Crippen LogP) is 2.11. The second-order valence-electron chi connectivity index (χ2n) is 3.83. The van der Waals surface area contributed by atoms with Gasteiger partial charge in [0.15, 0.2) is 0 Å². The van der Waals surface area contributed by atoms with Crippen LogP contribution in [0.2, 0.25) is 0 Å². The Morgan fingerprint density at radius 3 is 2.50 bits per heavy atom. The lowest BCUT2D eigenvalue weighted by atomic mass is 10.2. The molecule has 0 aromatic heterocycles. The van der Waals surface area contributed by atoms with Crippen molar-refractivity contribution in [3.8, 4) is 0 Å². The van der Waals surface area contributed by atoms with E-state index in [1.807, 2.05) is 0 Å². The molecule has 0 atom stereocenters. The summed E-state index contributed by atoms with van der Waals surface area (Å²) in [4.78, 5) is 12.8. The number of hydrogen-bond acceptors (Lipinski definition) is 2. The monoisotopic (exact) mass is 224 g/mol. The Morgan fingerprint density at radius 2 is 1.94 bits per heavy atom. The van der Waals surface area contributed by atoms with Crippen LogP contribution in [0.5, 0.6) is 0 Å². The average Bonchev–Trinajstić information content (AvgIpc) is 2.26. The molecule has 1 rings (SSSR count). The topological polar surface area (TPSA) is 32.3 Å². The zero-order chi connectivity index (χ0) is 12.0. The van der Waals surface area contributed by atoms with Gasteiger partial charge in [-0.15, -0.1) is 0 Å². The summed E-state index contributed by atoms with van der Waals surface area (Å²) in [6.45, 7) is 0.714. The SMILES string of the molecule is CN(C)C(=O)CCCNc1ccc(F)cc1. The van der Waals surface area contributed by atoms with Gasteiger partial charge in [-0.25, -0.2) is 4.39 Å². The summed E-state index contributed by atoms with van der Waals surface area (Å²) >= 11 is 0. The Bertz CT molecular complexity index is 335. The van der Waals surface area contributed by atoms with E-state index < -0.39 is 0 Å². The molecule has 0 aliphatic rings. The minimum atomic E-state index is -0.242. The molecule has 1 aromatic rings. The molecular formula is C12H17FN2O. The minimum Gasteiger partial charge on any atom is -0.385 e. The van der Waals surface area contributed by atoms with Gasteiger partial charge in [-0.3, -0.25) is 4.79 Å². The molecule has 0 unspecified atom stereocenters. The average molecular weight is 224 g/mol. The first-order chi connectivity index (χ1) is 7.59. The highest BCUT2D eigenvalue weighted by atomic mass is 19.1.